The minimum Gasteiger partial charge on any atom is -0.469 e. The second-order valence-electron chi connectivity index (χ2n) is 6.86. The van der Waals surface area contributed by atoms with Crippen LogP contribution in [0.25, 0.3) is 0 Å². The maximum Gasteiger partial charge on any atom is 0.226 e. The van der Waals surface area contributed by atoms with Gasteiger partial charge in [0.2, 0.25) is 5.91 Å². The van der Waals surface area contributed by atoms with E-state index in [1.165, 1.54) is 11.3 Å². The van der Waals surface area contributed by atoms with Crippen molar-refractivity contribution in [2.24, 2.45) is 13.0 Å². The monoisotopic (exact) mass is 313 g/mol. The third-order valence-electron chi connectivity index (χ3n) is 5.45. The number of aryl methyl sites for hydroxylation is 2. The summed E-state index contributed by atoms with van der Waals surface area (Å²) in [5.41, 5.74) is 3.47. The normalized spacial score (nSPS) is 26.7. The molecule has 1 amide bonds. The molecule has 1 aliphatic heterocycles. The first-order chi connectivity index (χ1) is 11.1. The van der Waals surface area contributed by atoms with Crippen molar-refractivity contribution < 1.29 is 9.21 Å². The lowest BCUT2D eigenvalue weighted by atomic mass is 10.0. The second-order valence-corrected chi connectivity index (χ2v) is 6.86. The van der Waals surface area contributed by atoms with Gasteiger partial charge in [-0.05, 0) is 45.2 Å². The van der Waals surface area contributed by atoms with Crippen molar-refractivity contribution >= 4 is 5.91 Å². The Balaban J connectivity index is 1.55. The molecule has 0 aromatic carbocycles. The highest BCUT2D eigenvalue weighted by Crippen LogP contribution is 2.50. The fraction of sp³-hybridized carbons (Fsp3) is 0.556. The maximum atomic E-state index is 13.0. The summed E-state index contributed by atoms with van der Waals surface area (Å²) in [6, 6.07) is 4.07. The van der Waals surface area contributed by atoms with Gasteiger partial charge in [0.15, 0.2) is 0 Å². The SMILES string of the molecule is Cc1nn(C)c(C)c1[C@@H]1CCCN1C(=O)[C@H]1C[C@H]1c1ccco1. The van der Waals surface area contributed by atoms with Gasteiger partial charge in [-0.25, -0.2) is 0 Å². The van der Waals surface area contributed by atoms with Gasteiger partial charge in [-0.1, -0.05) is 0 Å². The van der Waals surface area contributed by atoms with Crippen LogP contribution in [0.2, 0.25) is 0 Å². The van der Waals surface area contributed by atoms with Crippen LogP contribution in [0, 0.1) is 19.8 Å². The van der Waals surface area contributed by atoms with Gasteiger partial charge in [0.25, 0.3) is 0 Å². The first-order valence-electron chi connectivity index (χ1n) is 8.42. The number of aromatic nitrogens is 2. The van der Waals surface area contributed by atoms with Crippen LogP contribution < -0.4 is 0 Å². The van der Waals surface area contributed by atoms with Crippen molar-refractivity contribution in [2.45, 2.75) is 45.1 Å². The summed E-state index contributed by atoms with van der Waals surface area (Å²) in [5, 5.41) is 4.53. The van der Waals surface area contributed by atoms with E-state index in [-0.39, 0.29) is 23.8 Å². The summed E-state index contributed by atoms with van der Waals surface area (Å²) in [6.45, 7) is 5.00. The highest BCUT2D eigenvalue weighted by Gasteiger charge is 2.49. The Labute approximate surface area is 136 Å². The van der Waals surface area contributed by atoms with Crippen molar-refractivity contribution in [3.63, 3.8) is 0 Å². The van der Waals surface area contributed by atoms with Crippen LogP contribution in [-0.4, -0.2) is 27.1 Å². The van der Waals surface area contributed by atoms with Crippen LogP contribution in [0.4, 0.5) is 0 Å². The summed E-state index contributed by atoms with van der Waals surface area (Å²) < 4.78 is 7.39. The zero-order valence-electron chi connectivity index (χ0n) is 14.0. The number of amides is 1. The first-order valence-corrected chi connectivity index (χ1v) is 8.42. The predicted octanol–water partition coefficient (Wildman–Crippen LogP) is 3.10. The first kappa shape index (κ1) is 14.5. The lowest BCUT2D eigenvalue weighted by Crippen LogP contribution is -2.32. The predicted molar refractivity (Wildman–Crippen MR) is 85.9 cm³/mol. The molecule has 2 aromatic heterocycles. The van der Waals surface area contributed by atoms with Crippen LogP contribution in [-0.2, 0) is 11.8 Å². The zero-order valence-corrected chi connectivity index (χ0v) is 14.0. The van der Waals surface area contributed by atoms with Crippen LogP contribution in [0.15, 0.2) is 22.8 Å². The number of hydrogen-bond donors (Lipinski definition) is 0. The maximum absolute atomic E-state index is 13.0. The van der Waals surface area contributed by atoms with E-state index in [0.29, 0.717) is 0 Å². The molecule has 3 atom stereocenters. The summed E-state index contributed by atoms with van der Waals surface area (Å²) in [7, 11) is 1.97. The number of nitrogens with zero attached hydrogens (tertiary/aromatic N) is 3. The Morgan fingerprint density at radius 2 is 2.22 bits per heavy atom. The van der Waals surface area contributed by atoms with Gasteiger partial charge < -0.3 is 9.32 Å². The molecule has 1 saturated carbocycles. The third-order valence-corrected chi connectivity index (χ3v) is 5.45. The summed E-state index contributed by atoms with van der Waals surface area (Å²) in [5.74, 6) is 1.61. The molecule has 23 heavy (non-hydrogen) atoms. The number of likely N-dealkylation sites (tertiary alicyclic amines) is 1. The largest absolute Gasteiger partial charge is 0.469 e. The fourth-order valence-corrected chi connectivity index (χ4v) is 4.10. The smallest absolute Gasteiger partial charge is 0.226 e. The van der Waals surface area contributed by atoms with Gasteiger partial charge in [-0.2, -0.15) is 5.10 Å². The van der Waals surface area contributed by atoms with E-state index in [9.17, 15) is 4.79 Å². The minimum atomic E-state index is 0.0963. The molecule has 0 unspecified atom stereocenters. The number of carbonyl (C=O) groups is 1. The summed E-state index contributed by atoms with van der Waals surface area (Å²) in [6.07, 6.45) is 4.72. The molecule has 5 heteroatoms. The van der Waals surface area contributed by atoms with Crippen molar-refractivity contribution in [1.29, 1.82) is 0 Å². The lowest BCUT2D eigenvalue weighted by molar-refractivity contribution is -0.133. The van der Waals surface area contributed by atoms with Crippen LogP contribution in [0.3, 0.4) is 0 Å². The highest BCUT2D eigenvalue weighted by molar-refractivity contribution is 5.83. The van der Waals surface area contributed by atoms with Gasteiger partial charge in [0.1, 0.15) is 5.76 Å². The highest BCUT2D eigenvalue weighted by atomic mass is 16.3. The van der Waals surface area contributed by atoms with E-state index in [1.807, 2.05) is 30.8 Å². The van der Waals surface area contributed by atoms with Crippen molar-refractivity contribution in [1.82, 2.24) is 14.7 Å². The molecule has 122 valence electrons. The molecule has 0 N–H and O–H groups in total. The average molecular weight is 313 g/mol. The molecule has 2 aliphatic rings. The number of carbonyl (C=O) groups excluding carboxylic acids is 1. The molecule has 1 saturated heterocycles. The number of rotatable bonds is 3. The molecule has 0 spiro atoms. The van der Waals surface area contributed by atoms with E-state index in [2.05, 4.69) is 16.9 Å². The van der Waals surface area contributed by atoms with Gasteiger partial charge in [0.05, 0.1) is 18.0 Å². The molecule has 5 nitrogen and oxygen atoms in total. The Bertz CT molecular complexity index is 732. The lowest BCUT2D eigenvalue weighted by Gasteiger charge is -2.25. The van der Waals surface area contributed by atoms with Crippen molar-refractivity contribution in [2.75, 3.05) is 6.54 Å². The Morgan fingerprint density at radius 3 is 2.87 bits per heavy atom. The fourth-order valence-electron chi connectivity index (χ4n) is 4.10. The van der Waals surface area contributed by atoms with E-state index >= 15 is 0 Å². The van der Waals surface area contributed by atoms with Gasteiger partial charge in [0, 0.05) is 36.7 Å². The molecule has 2 aromatic rings. The third kappa shape index (κ3) is 2.30. The molecule has 1 aliphatic carbocycles. The second kappa shape index (κ2) is 5.25. The Morgan fingerprint density at radius 1 is 1.39 bits per heavy atom. The van der Waals surface area contributed by atoms with E-state index in [1.54, 1.807) is 6.26 Å². The average Bonchev–Trinajstić information content (AvgIpc) is 2.90. The number of furan rings is 1. The molecule has 2 fully saturated rings. The number of hydrogen-bond acceptors (Lipinski definition) is 3. The molecular formula is C18H23N3O2. The molecule has 3 heterocycles. The Kier molecular flexibility index (Phi) is 3.32. The van der Waals surface area contributed by atoms with Crippen LogP contribution in [0.5, 0.6) is 0 Å². The standard InChI is InChI=1S/C18H23N3O2/c1-11-17(12(2)20(3)19-11)15-6-4-8-21(15)18(22)14-10-13(14)16-7-5-9-23-16/h5,7,9,13-15H,4,6,8,10H2,1-3H3/t13-,14+,15+/m1/s1. The summed E-state index contributed by atoms with van der Waals surface area (Å²) >= 11 is 0. The van der Waals surface area contributed by atoms with Crippen LogP contribution >= 0.6 is 0 Å². The van der Waals surface area contributed by atoms with Gasteiger partial charge >= 0.3 is 0 Å². The quantitative estimate of drug-likeness (QED) is 0.875. The Hall–Kier alpha value is -2.04. The van der Waals surface area contributed by atoms with E-state index in [0.717, 1.165) is 37.3 Å². The van der Waals surface area contributed by atoms with Gasteiger partial charge in [-0.3, -0.25) is 9.48 Å². The zero-order chi connectivity index (χ0) is 16.1. The van der Waals surface area contributed by atoms with Crippen LogP contribution in [0.1, 0.15) is 53.9 Å². The molecular weight excluding hydrogens is 290 g/mol. The topological polar surface area (TPSA) is 51.3 Å². The summed E-state index contributed by atoms with van der Waals surface area (Å²) in [4.78, 5) is 15.1. The minimum absolute atomic E-state index is 0.0963. The van der Waals surface area contributed by atoms with Crippen molar-refractivity contribution in [3.05, 3.63) is 41.1 Å². The van der Waals surface area contributed by atoms with Crippen molar-refractivity contribution in [3.8, 4) is 0 Å². The van der Waals surface area contributed by atoms with Gasteiger partial charge in [-0.15, -0.1) is 0 Å². The van der Waals surface area contributed by atoms with E-state index < -0.39 is 0 Å². The molecule has 0 radical (unpaired) electrons. The molecule has 4 rings (SSSR count). The van der Waals surface area contributed by atoms with E-state index in [4.69, 9.17) is 4.42 Å². The molecule has 0 bridgehead atoms.